The zero-order valence-corrected chi connectivity index (χ0v) is 8.80. The minimum Gasteiger partial charge on any atom is -0.478 e. The molecule has 1 rings (SSSR count). The van der Waals surface area contributed by atoms with Gasteiger partial charge in [0, 0.05) is 0 Å². The van der Waals surface area contributed by atoms with Gasteiger partial charge < -0.3 is 10.2 Å². The van der Waals surface area contributed by atoms with Crippen molar-refractivity contribution in [3.8, 4) is 0 Å². The van der Waals surface area contributed by atoms with Crippen LogP contribution in [-0.2, 0) is 0 Å². The van der Waals surface area contributed by atoms with E-state index in [2.05, 4.69) is 25.4 Å². The van der Waals surface area contributed by atoms with Crippen molar-refractivity contribution in [2.75, 3.05) is 0 Å². The van der Waals surface area contributed by atoms with Gasteiger partial charge in [0.05, 0.1) is 16.8 Å². The fraction of sp³-hybridized carbons (Fsp3) is 0. The van der Waals surface area contributed by atoms with E-state index in [0.717, 1.165) is 6.07 Å². The zero-order valence-electron chi connectivity index (χ0n) is 7.22. The van der Waals surface area contributed by atoms with Crippen molar-refractivity contribution < 1.29 is 19.8 Å². The molecule has 0 aliphatic carbocycles. The molecule has 0 aliphatic heterocycles. The fourth-order valence-electron chi connectivity index (χ4n) is 1.00. The average molecular weight is 273 g/mol. The molecule has 2 N–H and O–H groups in total. The Hall–Kier alpha value is -1.76. The predicted octanol–water partition coefficient (Wildman–Crippen LogP) is 2.48. The lowest BCUT2D eigenvalue weighted by Gasteiger charge is -2.01. The summed E-state index contributed by atoms with van der Waals surface area (Å²) in [7, 11) is 0. The molecule has 1 aromatic rings. The molecule has 0 atom stereocenters. The molecule has 0 saturated carbocycles. The molecule has 0 heterocycles. The first-order valence-corrected chi connectivity index (χ1v) is 4.40. The maximum atomic E-state index is 10.7. The van der Waals surface area contributed by atoms with Gasteiger partial charge in [0.2, 0.25) is 0 Å². The molecule has 0 bridgehead atoms. The van der Waals surface area contributed by atoms with Crippen molar-refractivity contribution in [3.05, 3.63) is 29.3 Å². The van der Waals surface area contributed by atoms with E-state index in [4.69, 9.17) is 10.2 Å². The summed E-state index contributed by atoms with van der Waals surface area (Å²) in [5.74, 6) is -2.62. The van der Waals surface area contributed by atoms with Gasteiger partial charge in [0.1, 0.15) is 16.1 Å². The van der Waals surface area contributed by atoms with E-state index in [-0.39, 0.29) is 16.8 Å². The zero-order chi connectivity index (χ0) is 11.4. The third-order valence-corrected chi connectivity index (χ3v) is 1.78. The van der Waals surface area contributed by atoms with Gasteiger partial charge in [-0.25, -0.2) is 9.59 Å². The first-order valence-electron chi connectivity index (χ1n) is 3.69. The van der Waals surface area contributed by atoms with Crippen molar-refractivity contribution in [3.63, 3.8) is 0 Å². The summed E-state index contributed by atoms with van der Waals surface area (Å²) < 4.78 is 3.28. The standard InChI is InChI=1S/C8H5BrN2O4/c9-11-10-4-1-2-5(7(12)13)6(3-4)8(14)15/h1-3H,(H,12,13)(H,14,15). The first kappa shape index (κ1) is 11.3. The van der Waals surface area contributed by atoms with Gasteiger partial charge in [0.15, 0.2) is 0 Å². The highest BCUT2D eigenvalue weighted by molar-refractivity contribution is 9.08. The number of hydrogen-bond donors (Lipinski definition) is 2. The molecule has 0 spiro atoms. The molecule has 15 heavy (non-hydrogen) atoms. The monoisotopic (exact) mass is 272 g/mol. The topological polar surface area (TPSA) is 99.3 Å². The van der Waals surface area contributed by atoms with Crippen LogP contribution in [0.1, 0.15) is 20.7 Å². The lowest BCUT2D eigenvalue weighted by atomic mass is 10.1. The van der Waals surface area contributed by atoms with Crippen molar-refractivity contribution in [1.82, 2.24) is 0 Å². The summed E-state index contributed by atoms with van der Waals surface area (Å²) in [5.41, 5.74) is -0.342. The normalized spacial score (nSPS) is 10.5. The quantitative estimate of drug-likeness (QED) is 0.826. The Labute approximate surface area is 92.6 Å². The second kappa shape index (κ2) is 4.65. The van der Waals surface area contributed by atoms with Crippen LogP contribution in [0, 0.1) is 0 Å². The van der Waals surface area contributed by atoms with Gasteiger partial charge >= 0.3 is 11.9 Å². The molecule has 78 valence electrons. The molecule has 1 aromatic carbocycles. The van der Waals surface area contributed by atoms with Gasteiger partial charge in [-0.2, -0.15) is 0 Å². The summed E-state index contributed by atoms with van der Waals surface area (Å²) in [6.07, 6.45) is 0. The predicted molar refractivity (Wildman–Crippen MR) is 53.8 cm³/mol. The van der Waals surface area contributed by atoms with Gasteiger partial charge in [-0.15, -0.1) is 9.25 Å². The highest BCUT2D eigenvalue weighted by Crippen LogP contribution is 2.19. The van der Waals surface area contributed by atoms with Crippen LogP contribution in [0.15, 0.2) is 27.5 Å². The Kier molecular flexibility index (Phi) is 3.51. The van der Waals surface area contributed by atoms with E-state index in [0.29, 0.717) is 0 Å². The van der Waals surface area contributed by atoms with Gasteiger partial charge in [-0.3, -0.25) is 0 Å². The van der Waals surface area contributed by atoms with Gasteiger partial charge in [0.25, 0.3) is 0 Å². The number of hydrogen-bond acceptors (Lipinski definition) is 4. The highest BCUT2D eigenvalue weighted by atomic mass is 79.9. The molecule has 0 unspecified atom stereocenters. The number of nitrogens with zero attached hydrogens (tertiary/aromatic N) is 2. The summed E-state index contributed by atoms with van der Waals surface area (Å²) in [4.78, 5) is 21.4. The van der Waals surface area contributed by atoms with Crippen molar-refractivity contribution in [1.29, 1.82) is 0 Å². The molecule has 0 fully saturated rings. The third-order valence-electron chi connectivity index (χ3n) is 1.62. The van der Waals surface area contributed by atoms with Crippen LogP contribution in [0.3, 0.4) is 0 Å². The molecule has 0 aromatic heterocycles. The van der Waals surface area contributed by atoms with Crippen molar-refractivity contribution >= 4 is 33.8 Å². The highest BCUT2D eigenvalue weighted by Gasteiger charge is 2.16. The van der Waals surface area contributed by atoms with E-state index in [1.165, 1.54) is 12.1 Å². The fourth-order valence-corrected chi connectivity index (χ4v) is 1.18. The van der Waals surface area contributed by atoms with Crippen molar-refractivity contribution in [2.45, 2.75) is 0 Å². The number of halogens is 1. The Morgan fingerprint density at radius 2 is 1.73 bits per heavy atom. The van der Waals surface area contributed by atoms with Crippen LogP contribution >= 0.6 is 16.1 Å². The number of carboxylic acids is 2. The summed E-state index contributed by atoms with van der Waals surface area (Å²) in [5, 5.41) is 21.0. The molecular formula is C8H5BrN2O4. The maximum Gasteiger partial charge on any atom is 0.336 e. The molecule has 0 radical (unpaired) electrons. The Balaban J connectivity index is 3.33. The molecule has 6 nitrogen and oxygen atoms in total. The van der Waals surface area contributed by atoms with Gasteiger partial charge in [-0.1, -0.05) is 0 Å². The minimum atomic E-state index is -1.32. The molecular weight excluding hydrogens is 268 g/mol. The number of rotatable bonds is 3. The Morgan fingerprint density at radius 1 is 1.13 bits per heavy atom. The lowest BCUT2D eigenvalue weighted by molar-refractivity contribution is 0.0651. The molecule has 7 heteroatoms. The number of benzene rings is 1. The van der Waals surface area contributed by atoms with Crippen LogP contribution < -0.4 is 0 Å². The summed E-state index contributed by atoms with van der Waals surface area (Å²) in [6, 6.07) is 3.67. The SMILES string of the molecule is O=C(O)c1ccc(N=NBr)cc1C(=O)O. The van der Waals surface area contributed by atoms with E-state index < -0.39 is 11.9 Å². The first-order chi connectivity index (χ1) is 7.06. The minimum absolute atomic E-state index is 0.259. The molecule has 0 saturated heterocycles. The lowest BCUT2D eigenvalue weighted by Crippen LogP contribution is -2.07. The van der Waals surface area contributed by atoms with Crippen LogP contribution in [0.25, 0.3) is 0 Å². The second-order valence-electron chi connectivity index (χ2n) is 2.52. The van der Waals surface area contributed by atoms with Crippen LogP contribution in [0.5, 0.6) is 0 Å². The maximum absolute atomic E-state index is 10.7. The van der Waals surface area contributed by atoms with Crippen LogP contribution in [-0.4, -0.2) is 22.2 Å². The van der Waals surface area contributed by atoms with E-state index >= 15 is 0 Å². The number of carboxylic acid groups (broad SMARTS) is 2. The third kappa shape index (κ3) is 2.59. The Bertz CT molecular complexity index is 444. The largest absolute Gasteiger partial charge is 0.478 e. The second-order valence-corrected chi connectivity index (χ2v) is 2.83. The smallest absolute Gasteiger partial charge is 0.336 e. The van der Waals surface area contributed by atoms with E-state index in [1.807, 2.05) is 0 Å². The van der Waals surface area contributed by atoms with Crippen molar-refractivity contribution in [2.24, 2.45) is 9.25 Å². The van der Waals surface area contributed by atoms with Gasteiger partial charge in [-0.05, 0) is 18.2 Å². The van der Waals surface area contributed by atoms with Crippen LogP contribution in [0.2, 0.25) is 0 Å². The Morgan fingerprint density at radius 3 is 2.20 bits per heavy atom. The average Bonchev–Trinajstić information content (AvgIpc) is 2.17. The number of carbonyl (C=O) groups is 2. The summed E-state index contributed by atoms with van der Waals surface area (Å²) in [6.45, 7) is 0. The van der Waals surface area contributed by atoms with E-state index in [9.17, 15) is 9.59 Å². The van der Waals surface area contributed by atoms with E-state index in [1.54, 1.807) is 0 Å². The molecule has 0 amide bonds. The summed E-state index contributed by atoms with van der Waals surface area (Å²) >= 11 is 2.69. The number of aromatic carboxylic acids is 2. The van der Waals surface area contributed by atoms with Crippen LogP contribution in [0.4, 0.5) is 5.69 Å². The molecule has 0 aliphatic rings.